The van der Waals surface area contributed by atoms with E-state index in [1.54, 1.807) is 39.8 Å². The number of halogens is 1. The molecule has 0 radical (unpaired) electrons. The van der Waals surface area contributed by atoms with Gasteiger partial charge >= 0.3 is 5.69 Å². The van der Waals surface area contributed by atoms with Crippen LogP contribution in [0, 0.1) is 0 Å². The second-order valence-corrected chi connectivity index (χ2v) is 10.3. The first-order valence-electron chi connectivity index (χ1n) is 13.5. The van der Waals surface area contributed by atoms with E-state index in [9.17, 15) is 14.7 Å². The lowest BCUT2D eigenvalue weighted by atomic mass is 10.0. The van der Waals surface area contributed by atoms with Gasteiger partial charge in [0.2, 0.25) is 5.91 Å². The molecule has 1 N–H and O–H groups in total. The second kappa shape index (κ2) is 11.1. The average molecular weight is 558 g/mol. The minimum absolute atomic E-state index is 0.0410. The highest BCUT2D eigenvalue weighted by Crippen LogP contribution is 2.37. The highest BCUT2D eigenvalue weighted by atomic mass is 35.5. The van der Waals surface area contributed by atoms with E-state index in [4.69, 9.17) is 16.6 Å². The van der Waals surface area contributed by atoms with Crippen LogP contribution in [-0.4, -0.2) is 56.1 Å². The number of hydrogen-bond donors (Lipinski definition) is 1. The lowest BCUT2D eigenvalue weighted by Crippen LogP contribution is -2.54. The Kier molecular flexibility index (Phi) is 7.63. The maximum atomic E-state index is 14.0. The molecule has 2 aromatic heterocycles. The number of phenols is 1. The first kappa shape index (κ1) is 27.4. The van der Waals surface area contributed by atoms with Crippen molar-refractivity contribution in [3.8, 4) is 22.7 Å². The van der Waals surface area contributed by atoms with E-state index >= 15 is 0 Å². The van der Waals surface area contributed by atoms with Gasteiger partial charge in [0, 0.05) is 31.2 Å². The van der Waals surface area contributed by atoms with Gasteiger partial charge in [-0.1, -0.05) is 62.4 Å². The molecule has 5 rings (SSSR count). The number of anilines is 1. The van der Waals surface area contributed by atoms with Crippen LogP contribution in [0.1, 0.15) is 31.9 Å². The van der Waals surface area contributed by atoms with E-state index in [1.165, 1.54) is 6.08 Å². The summed E-state index contributed by atoms with van der Waals surface area (Å²) in [6, 6.07) is 14.5. The maximum absolute atomic E-state index is 14.0. The third-order valence-electron chi connectivity index (χ3n) is 7.53. The fourth-order valence-corrected chi connectivity index (χ4v) is 5.75. The molecule has 1 fully saturated rings. The van der Waals surface area contributed by atoms with Crippen molar-refractivity contribution >= 4 is 34.4 Å². The first-order chi connectivity index (χ1) is 19.3. The summed E-state index contributed by atoms with van der Waals surface area (Å²) < 4.78 is 1.58. The van der Waals surface area contributed by atoms with Crippen LogP contribution in [0.15, 0.2) is 66.0 Å². The minimum atomic E-state index is -0.451. The first-order valence-corrected chi connectivity index (χ1v) is 13.9. The summed E-state index contributed by atoms with van der Waals surface area (Å²) >= 11 is 6.82. The number of fused-ring (bicyclic) bond motifs is 1. The zero-order valence-electron chi connectivity index (χ0n) is 22.9. The number of para-hydroxylation sites is 2. The van der Waals surface area contributed by atoms with Gasteiger partial charge in [0.1, 0.15) is 11.6 Å². The van der Waals surface area contributed by atoms with Crippen LogP contribution in [0.4, 0.5) is 5.82 Å². The number of carbonyl (C=O) groups is 1. The Morgan fingerprint density at radius 3 is 2.42 bits per heavy atom. The average Bonchev–Trinajstić information content (AvgIpc) is 2.96. The third kappa shape index (κ3) is 4.73. The van der Waals surface area contributed by atoms with Crippen LogP contribution < -0.4 is 10.6 Å². The van der Waals surface area contributed by atoms with Gasteiger partial charge in [-0.25, -0.2) is 14.3 Å². The summed E-state index contributed by atoms with van der Waals surface area (Å²) in [4.78, 5) is 39.6. The van der Waals surface area contributed by atoms with Gasteiger partial charge in [0.15, 0.2) is 5.65 Å². The summed E-state index contributed by atoms with van der Waals surface area (Å²) in [6.45, 7) is 11.1. The Balaban J connectivity index is 1.81. The number of carbonyl (C=O) groups excluding carboxylic acids is 1. The number of pyridine rings is 1. The van der Waals surface area contributed by atoms with Crippen LogP contribution in [-0.2, 0) is 17.6 Å². The molecule has 1 saturated heterocycles. The van der Waals surface area contributed by atoms with Gasteiger partial charge in [-0.15, -0.1) is 0 Å². The molecule has 1 aliphatic rings. The number of rotatable bonds is 6. The Labute approximate surface area is 238 Å². The minimum Gasteiger partial charge on any atom is -0.507 e. The van der Waals surface area contributed by atoms with Gasteiger partial charge in [-0.3, -0.25) is 4.79 Å². The van der Waals surface area contributed by atoms with E-state index in [1.807, 2.05) is 30.0 Å². The highest BCUT2D eigenvalue weighted by molar-refractivity contribution is 6.34. The van der Waals surface area contributed by atoms with Crippen molar-refractivity contribution in [1.29, 1.82) is 0 Å². The van der Waals surface area contributed by atoms with Gasteiger partial charge in [-0.05, 0) is 55.2 Å². The lowest BCUT2D eigenvalue weighted by Gasteiger charge is -2.40. The third-order valence-corrected chi connectivity index (χ3v) is 7.82. The molecule has 0 spiro atoms. The summed E-state index contributed by atoms with van der Waals surface area (Å²) in [5, 5.41) is 11.6. The largest absolute Gasteiger partial charge is 0.507 e. The van der Waals surface area contributed by atoms with Crippen molar-refractivity contribution in [2.75, 3.05) is 24.5 Å². The molecule has 0 saturated carbocycles. The summed E-state index contributed by atoms with van der Waals surface area (Å²) in [6.07, 6.45) is 2.75. The second-order valence-electron chi connectivity index (χ2n) is 9.92. The van der Waals surface area contributed by atoms with E-state index < -0.39 is 5.69 Å². The van der Waals surface area contributed by atoms with E-state index in [2.05, 4.69) is 25.4 Å². The fourth-order valence-electron chi connectivity index (χ4n) is 5.49. The molecule has 3 heterocycles. The monoisotopic (exact) mass is 557 g/mol. The van der Waals surface area contributed by atoms with Crippen molar-refractivity contribution in [3.63, 3.8) is 0 Å². The molecule has 1 atom stereocenters. The number of aromatic hydroxyl groups is 1. The topological polar surface area (TPSA) is 91.6 Å². The Bertz CT molecular complexity index is 1660. The summed E-state index contributed by atoms with van der Waals surface area (Å²) in [5.41, 5.74) is 3.58. The van der Waals surface area contributed by atoms with Gasteiger partial charge < -0.3 is 14.9 Å². The van der Waals surface area contributed by atoms with Crippen LogP contribution >= 0.6 is 11.6 Å². The zero-order chi connectivity index (χ0) is 28.6. The van der Waals surface area contributed by atoms with Crippen LogP contribution in [0.3, 0.4) is 0 Å². The molecular formula is C31H32ClN5O3. The molecule has 8 nitrogen and oxygen atoms in total. The lowest BCUT2D eigenvalue weighted by molar-refractivity contribution is -0.126. The molecule has 0 aliphatic carbocycles. The molecule has 206 valence electrons. The number of aryl methyl sites for hydroxylation is 2. The van der Waals surface area contributed by atoms with E-state index in [0.29, 0.717) is 52.8 Å². The molecule has 2 aromatic carbocycles. The fraction of sp³-hybridized carbons (Fsp3) is 0.290. The smallest absolute Gasteiger partial charge is 0.355 e. The quantitative estimate of drug-likeness (QED) is 0.329. The predicted molar refractivity (Wildman–Crippen MR) is 160 cm³/mol. The summed E-state index contributed by atoms with van der Waals surface area (Å²) in [5.74, 6) is 0.388. The molecule has 0 unspecified atom stereocenters. The number of aromatic nitrogens is 3. The van der Waals surface area contributed by atoms with Crippen molar-refractivity contribution < 1.29 is 9.90 Å². The standard InChI is InChI=1S/C31H32ClN5O3/c1-5-20-11-10-12-21(6-2)28(20)37-30-23(17-24(32)27(33-30)22-13-8-9-14-25(22)38)29(34-31(37)40)36-16-15-35(18-19(36)4)26(39)7-3/h7-14,17,19,38H,3,5-6,15-16,18H2,1-2,4H3/t19-/m0/s1. The number of amides is 1. The van der Waals surface area contributed by atoms with Crippen LogP contribution in [0.5, 0.6) is 5.75 Å². The van der Waals surface area contributed by atoms with Crippen LogP contribution in [0.25, 0.3) is 28.0 Å². The van der Waals surface area contributed by atoms with E-state index in [0.717, 1.165) is 29.7 Å². The van der Waals surface area contributed by atoms with Crippen molar-refractivity contribution in [1.82, 2.24) is 19.4 Å². The van der Waals surface area contributed by atoms with Crippen molar-refractivity contribution in [2.45, 2.75) is 39.7 Å². The predicted octanol–water partition coefficient (Wildman–Crippen LogP) is 5.15. The van der Waals surface area contributed by atoms with Gasteiger partial charge in [0.25, 0.3) is 0 Å². The van der Waals surface area contributed by atoms with Crippen molar-refractivity contribution in [2.24, 2.45) is 0 Å². The molecule has 4 aromatic rings. The number of nitrogens with zero attached hydrogens (tertiary/aromatic N) is 5. The molecule has 0 bridgehead atoms. The Hall–Kier alpha value is -4.17. The summed E-state index contributed by atoms with van der Waals surface area (Å²) in [7, 11) is 0. The number of hydrogen-bond acceptors (Lipinski definition) is 6. The van der Waals surface area contributed by atoms with Crippen molar-refractivity contribution in [3.05, 3.63) is 87.8 Å². The number of piperazine rings is 1. The SMILES string of the molecule is C=CC(=O)N1CCN(c2nc(=O)n(-c3c(CC)cccc3CC)c3nc(-c4ccccc4O)c(Cl)cc23)[C@@H](C)C1. The molecular weight excluding hydrogens is 526 g/mol. The highest BCUT2D eigenvalue weighted by Gasteiger charge is 2.30. The zero-order valence-corrected chi connectivity index (χ0v) is 23.6. The number of benzene rings is 2. The maximum Gasteiger partial charge on any atom is 0.355 e. The van der Waals surface area contributed by atoms with Gasteiger partial charge in [-0.2, -0.15) is 4.98 Å². The normalized spacial score (nSPS) is 15.4. The molecule has 9 heteroatoms. The molecule has 1 amide bonds. The molecule has 1 aliphatic heterocycles. The Morgan fingerprint density at radius 2 is 1.80 bits per heavy atom. The van der Waals surface area contributed by atoms with Crippen LogP contribution in [0.2, 0.25) is 5.02 Å². The molecule has 40 heavy (non-hydrogen) atoms. The van der Waals surface area contributed by atoms with E-state index in [-0.39, 0.29) is 17.7 Å². The van der Waals surface area contributed by atoms with Gasteiger partial charge in [0.05, 0.1) is 21.8 Å². The number of phenolic OH excluding ortho intramolecular Hbond substituents is 1. The Morgan fingerprint density at radius 1 is 1.10 bits per heavy atom.